The summed E-state index contributed by atoms with van der Waals surface area (Å²) in [6.07, 6.45) is 13.2. The Morgan fingerprint density at radius 1 is 1.09 bits per heavy atom. The second-order valence-corrected chi connectivity index (χ2v) is 6.21. The van der Waals surface area contributed by atoms with E-state index in [1.54, 1.807) is 26.0 Å². The second kappa shape index (κ2) is 12.2. The fourth-order valence-corrected chi connectivity index (χ4v) is 1.80. The van der Waals surface area contributed by atoms with Gasteiger partial charge in [-0.2, -0.15) is 0 Å². The van der Waals surface area contributed by atoms with E-state index in [4.69, 9.17) is 0 Å². The average molecular weight is 309 g/mol. The first kappa shape index (κ1) is 20.6. The largest absolute Gasteiger partial charge is 0.389 e. The van der Waals surface area contributed by atoms with Gasteiger partial charge in [0.05, 0.1) is 5.60 Å². The zero-order valence-corrected chi connectivity index (χ0v) is 14.2. The number of nitrogens with one attached hydrogen (secondary N) is 1. The first-order valence-electron chi connectivity index (χ1n) is 8.20. The minimum absolute atomic E-state index is 0.215. The Labute approximate surface area is 134 Å². The monoisotopic (exact) mass is 309 g/mol. The highest BCUT2D eigenvalue weighted by Gasteiger charge is 2.12. The Morgan fingerprint density at radius 2 is 1.82 bits per heavy atom. The molecule has 0 rings (SSSR count). The average Bonchev–Trinajstić information content (AvgIpc) is 2.44. The smallest absolute Gasteiger partial charge is 0.244 e. The number of allylic oxidation sites excluding steroid dienone is 3. The lowest BCUT2D eigenvalue weighted by Crippen LogP contribution is -2.37. The molecule has 126 valence electrons. The lowest BCUT2D eigenvalue weighted by Gasteiger charge is -2.16. The van der Waals surface area contributed by atoms with E-state index in [0.717, 1.165) is 12.8 Å². The molecule has 0 aliphatic heterocycles. The van der Waals surface area contributed by atoms with E-state index < -0.39 is 5.60 Å². The number of Topliss-reactive ketones (excluding diaryl/α,β-unsaturated/α-hetero) is 1. The van der Waals surface area contributed by atoms with Crippen molar-refractivity contribution in [3.63, 3.8) is 0 Å². The molecule has 22 heavy (non-hydrogen) atoms. The molecule has 0 radical (unpaired) electrons. The highest BCUT2D eigenvalue weighted by Crippen LogP contribution is 2.06. The van der Waals surface area contributed by atoms with Crippen LogP contribution >= 0.6 is 0 Å². The van der Waals surface area contributed by atoms with Gasteiger partial charge < -0.3 is 10.4 Å². The Hall–Kier alpha value is -1.42. The molecule has 0 bridgehead atoms. The number of carbonyl (C=O) groups is 2. The summed E-state index contributed by atoms with van der Waals surface area (Å²) in [6, 6.07) is 0. The molecule has 0 aromatic rings. The number of carbonyl (C=O) groups excluding carboxylic acids is 2. The minimum atomic E-state index is -0.906. The molecule has 2 N–H and O–H groups in total. The van der Waals surface area contributed by atoms with Gasteiger partial charge in [0.1, 0.15) is 5.78 Å². The van der Waals surface area contributed by atoms with Gasteiger partial charge in [0, 0.05) is 25.5 Å². The molecule has 0 saturated heterocycles. The first-order valence-corrected chi connectivity index (χ1v) is 8.20. The van der Waals surface area contributed by atoms with Crippen molar-refractivity contribution in [2.45, 2.75) is 71.3 Å². The molecule has 0 aliphatic carbocycles. The summed E-state index contributed by atoms with van der Waals surface area (Å²) in [5, 5.41) is 12.1. The summed E-state index contributed by atoms with van der Waals surface area (Å²) in [5.41, 5.74) is -0.906. The maximum atomic E-state index is 11.6. The highest BCUT2D eigenvalue weighted by atomic mass is 16.3. The fraction of sp³-hybridized carbons (Fsp3) is 0.667. The Bertz CT molecular complexity index is 378. The number of hydrogen-bond donors (Lipinski definition) is 2. The SMILES string of the molecule is CCCCCCC(=O)CC/C=C/C=C/C(=O)NCC(C)(C)O. The Balaban J connectivity index is 3.70. The maximum absolute atomic E-state index is 11.6. The fourth-order valence-electron chi connectivity index (χ4n) is 1.80. The molecule has 0 aromatic heterocycles. The van der Waals surface area contributed by atoms with Gasteiger partial charge in [0.25, 0.3) is 0 Å². The normalized spacial score (nSPS) is 12.2. The van der Waals surface area contributed by atoms with Crippen LogP contribution in [0.2, 0.25) is 0 Å². The zero-order valence-electron chi connectivity index (χ0n) is 14.2. The predicted octanol–water partition coefficient (Wildman–Crippen LogP) is 3.31. The van der Waals surface area contributed by atoms with E-state index in [9.17, 15) is 14.7 Å². The first-order chi connectivity index (χ1) is 10.3. The van der Waals surface area contributed by atoms with Crippen LogP contribution in [0.4, 0.5) is 0 Å². The minimum Gasteiger partial charge on any atom is -0.389 e. The van der Waals surface area contributed by atoms with Gasteiger partial charge in [-0.15, -0.1) is 0 Å². The standard InChI is InChI=1S/C18H31NO3/c1-4-5-6-9-12-16(20)13-10-7-8-11-14-17(21)19-15-18(2,3)22/h7-8,11,14,22H,4-6,9-10,12-13,15H2,1-3H3,(H,19,21)/b8-7+,14-11+. The van der Waals surface area contributed by atoms with Crippen molar-refractivity contribution in [1.82, 2.24) is 5.32 Å². The summed E-state index contributed by atoms with van der Waals surface area (Å²) in [5.74, 6) is 0.0754. The van der Waals surface area contributed by atoms with Gasteiger partial charge in [-0.3, -0.25) is 9.59 Å². The molecule has 1 amide bonds. The van der Waals surface area contributed by atoms with E-state index in [-0.39, 0.29) is 12.5 Å². The third-order valence-corrected chi connectivity index (χ3v) is 3.09. The number of rotatable bonds is 12. The van der Waals surface area contributed by atoms with Gasteiger partial charge in [-0.05, 0) is 26.7 Å². The van der Waals surface area contributed by atoms with Crippen molar-refractivity contribution in [2.24, 2.45) is 0 Å². The van der Waals surface area contributed by atoms with E-state index >= 15 is 0 Å². The van der Waals surface area contributed by atoms with Gasteiger partial charge in [-0.25, -0.2) is 0 Å². The van der Waals surface area contributed by atoms with Crippen LogP contribution in [0.1, 0.15) is 65.7 Å². The molecular formula is C18H31NO3. The van der Waals surface area contributed by atoms with Crippen LogP contribution in [0.3, 0.4) is 0 Å². The third-order valence-electron chi connectivity index (χ3n) is 3.09. The molecule has 0 spiro atoms. The van der Waals surface area contributed by atoms with E-state index in [0.29, 0.717) is 25.0 Å². The van der Waals surface area contributed by atoms with Crippen LogP contribution < -0.4 is 5.32 Å². The molecular weight excluding hydrogens is 278 g/mol. The Morgan fingerprint density at radius 3 is 2.45 bits per heavy atom. The van der Waals surface area contributed by atoms with Gasteiger partial charge >= 0.3 is 0 Å². The van der Waals surface area contributed by atoms with Gasteiger partial charge in [-0.1, -0.05) is 44.4 Å². The van der Waals surface area contributed by atoms with Crippen LogP contribution in [0.25, 0.3) is 0 Å². The van der Waals surface area contributed by atoms with E-state index in [1.165, 1.54) is 18.9 Å². The van der Waals surface area contributed by atoms with E-state index in [1.807, 2.05) is 6.08 Å². The molecule has 0 aliphatic rings. The van der Waals surface area contributed by atoms with Crippen molar-refractivity contribution in [2.75, 3.05) is 6.54 Å². The van der Waals surface area contributed by atoms with Crippen molar-refractivity contribution in [3.05, 3.63) is 24.3 Å². The van der Waals surface area contributed by atoms with Crippen molar-refractivity contribution in [1.29, 1.82) is 0 Å². The molecule has 4 nitrogen and oxygen atoms in total. The summed E-state index contributed by atoms with van der Waals surface area (Å²) in [6.45, 7) is 5.64. The zero-order chi connectivity index (χ0) is 16.8. The summed E-state index contributed by atoms with van der Waals surface area (Å²) in [7, 11) is 0. The number of aliphatic hydroxyl groups is 1. The predicted molar refractivity (Wildman–Crippen MR) is 90.6 cm³/mol. The van der Waals surface area contributed by atoms with Crippen molar-refractivity contribution in [3.8, 4) is 0 Å². The molecule has 0 fully saturated rings. The van der Waals surface area contributed by atoms with E-state index in [2.05, 4.69) is 12.2 Å². The topological polar surface area (TPSA) is 66.4 Å². The van der Waals surface area contributed by atoms with Crippen LogP contribution in [-0.4, -0.2) is 28.9 Å². The maximum Gasteiger partial charge on any atom is 0.244 e. The number of ketones is 1. The molecule has 0 saturated carbocycles. The van der Waals surface area contributed by atoms with Gasteiger partial charge in [0.15, 0.2) is 0 Å². The van der Waals surface area contributed by atoms with Crippen molar-refractivity contribution >= 4 is 11.7 Å². The van der Waals surface area contributed by atoms with Crippen LogP contribution in [0.5, 0.6) is 0 Å². The molecule has 0 atom stereocenters. The molecule has 0 unspecified atom stereocenters. The second-order valence-electron chi connectivity index (χ2n) is 6.21. The lowest BCUT2D eigenvalue weighted by molar-refractivity contribution is -0.119. The van der Waals surface area contributed by atoms with Crippen LogP contribution in [0, 0.1) is 0 Å². The summed E-state index contributed by atoms with van der Waals surface area (Å²) < 4.78 is 0. The third kappa shape index (κ3) is 15.0. The number of unbranched alkanes of at least 4 members (excludes halogenated alkanes) is 3. The quantitative estimate of drug-likeness (QED) is 0.330. The molecule has 4 heteroatoms. The number of hydrogen-bond acceptors (Lipinski definition) is 3. The lowest BCUT2D eigenvalue weighted by atomic mass is 10.1. The van der Waals surface area contributed by atoms with Crippen LogP contribution in [-0.2, 0) is 9.59 Å². The highest BCUT2D eigenvalue weighted by molar-refractivity contribution is 5.87. The van der Waals surface area contributed by atoms with Gasteiger partial charge in [0.2, 0.25) is 5.91 Å². The Kier molecular flexibility index (Phi) is 11.4. The molecule has 0 heterocycles. The number of amides is 1. The summed E-state index contributed by atoms with van der Waals surface area (Å²) in [4.78, 5) is 23.0. The summed E-state index contributed by atoms with van der Waals surface area (Å²) >= 11 is 0. The van der Waals surface area contributed by atoms with Crippen molar-refractivity contribution < 1.29 is 14.7 Å². The van der Waals surface area contributed by atoms with Crippen LogP contribution in [0.15, 0.2) is 24.3 Å². The molecule has 0 aromatic carbocycles.